The molecule has 0 aliphatic rings. The fourth-order valence-corrected chi connectivity index (χ4v) is 1.41. The lowest BCUT2D eigenvalue weighted by atomic mass is 10.3. The van der Waals surface area contributed by atoms with Gasteiger partial charge in [0.1, 0.15) is 11.6 Å². The van der Waals surface area contributed by atoms with E-state index in [4.69, 9.17) is 11.6 Å². The Morgan fingerprint density at radius 2 is 2.24 bits per heavy atom. The van der Waals surface area contributed by atoms with Crippen molar-refractivity contribution in [1.29, 1.82) is 0 Å². The Bertz CT molecular complexity index is 527. The van der Waals surface area contributed by atoms with Gasteiger partial charge in [0, 0.05) is 12.3 Å². The van der Waals surface area contributed by atoms with Crippen molar-refractivity contribution in [2.75, 3.05) is 5.32 Å². The summed E-state index contributed by atoms with van der Waals surface area (Å²) in [6.45, 7) is -0.888. The molecule has 2 rings (SSSR count). The molecule has 0 radical (unpaired) electrons. The van der Waals surface area contributed by atoms with Crippen LogP contribution in [0.5, 0.6) is 0 Å². The standard InChI is InChI=1S/C10H9ClF2N4/c1-6-4-8(14-5-7(6)11)16-9-2-3-15-17(9)10(12)13/h2-5,10H,1H3,(H,14,16). The van der Waals surface area contributed by atoms with Crippen molar-refractivity contribution >= 4 is 23.2 Å². The predicted molar refractivity (Wildman–Crippen MR) is 60.7 cm³/mol. The van der Waals surface area contributed by atoms with Crippen molar-refractivity contribution in [1.82, 2.24) is 14.8 Å². The summed E-state index contributed by atoms with van der Waals surface area (Å²) in [7, 11) is 0. The second-order valence-corrected chi connectivity index (χ2v) is 3.79. The smallest absolute Gasteiger partial charge is 0.325 e. The molecular weight excluding hydrogens is 250 g/mol. The second kappa shape index (κ2) is 4.67. The van der Waals surface area contributed by atoms with Gasteiger partial charge < -0.3 is 5.32 Å². The SMILES string of the molecule is Cc1cc(Nc2ccnn2C(F)F)ncc1Cl. The molecule has 1 N–H and O–H groups in total. The molecule has 0 atom stereocenters. The monoisotopic (exact) mass is 258 g/mol. The molecule has 7 heteroatoms. The molecule has 0 bridgehead atoms. The van der Waals surface area contributed by atoms with Gasteiger partial charge in [-0.05, 0) is 18.6 Å². The Balaban J connectivity index is 2.25. The van der Waals surface area contributed by atoms with Crippen molar-refractivity contribution in [2.45, 2.75) is 13.5 Å². The number of aryl methyl sites for hydroxylation is 1. The molecule has 4 nitrogen and oxygen atoms in total. The van der Waals surface area contributed by atoms with Crippen molar-refractivity contribution in [3.05, 3.63) is 35.1 Å². The zero-order chi connectivity index (χ0) is 12.4. The molecule has 0 aliphatic carbocycles. The van der Waals surface area contributed by atoms with Crippen molar-refractivity contribution in [2.24, 2.45) is 0 Å². The van der Waals surface area contributed by atoms with Crippen LogP contribution in [0.2, 0.25) is 5.02 Å². The van der Waals surface area contributed by atoms with Crippen LogP contribution in [0, 0.1) is 6.92 Å². The number of nitrogens with zero attached hydrogens (tertiary/aromatic N) is 3. The van der Waals surface area contributed by atoms with Crippen molar-refractivity contribution in [3.63, 3.8) is 0 Å². The Hall–Kier alpha value is -1.69. The summed E-state index contributed by atoms with van der Waals surface area (Å²) in [5.74, 6) is 0.614. The van der Waals surface area contributed by atoms with E-state index in [9.17, 15) is 8.78 Å². The number of anilines is 2. The Morgan fingerprint density at radius 3 is 2.88 bits per heavy atom. The average Bonchev–Trinajstić information content (AvgIpc) is 2.72. The fourth-order valence-electron chi connectivity index (χ4n) is 1.31. The first-order valence-electron chi connectivity index (χ1n) is 4.79. The van der Waals surface area contributed by atoms with Gasteiger partial charge in [-0.2, -0.15) is 18.6 Å². The van der Waals surface area contributed by atoms with E-state index in [1.54, 1.807) is 13.0 Å². The molecular formula is C10H9ClF2N4. The van der Waals surface area contributed by atoms with Crippen LogP contribution in [-0.2, 0) is 0 Å². The molecule has 0 saturated heterocycles. The molecule has 2 heterocycles. The lowest BCUT2D eigenvalue weighted by Crippen LogP contribution is -2.06. The average molecular weight is 259 g/mol. The molecule has 0 amide bonds. The maximum absolute atomic E-state index is 12.5. The minimum atomic E-state index is -2.69. The van der Waals surface area contributed by atoms with E-state index in [1.165, 1.54) is 18.5 Å². The summed E-state index contributed by atoms with van der Waals surface area (Å²) in [5.41, 5.74) is 0.812. The third-order valence-corrected chi connectivity index (χ3v) is 2.55. The lowest BCUT2D eigenvalue weighted by molar-refractivity contribution is 0.0590. The minimum absolute atomic E-state index is 0.175. The summed E-state index contributed by atoms with van der Waals surface area (Å²) in [5, 5.41) is 6.78. The predicted octanol–water partition coefficient (Wildman–Crippen LogP) is 3.38. The van der Waals surface area contributed by atoms with Gasteiger partial charge in [0.2, 0.25) is 0 Å². The van der Waals surface area contributed by atoms with Crippen molar-refractivity contribution in [3.8, 4) is 0 Å². The summed E-state index contributed by atoms with van der Waals surface area (Å²) in [4.78, 5) is 3.99. The van der Waals surface area contributed by atoms with Gasteiger partial charge in [0.05, 0.1) is 11.2 Å². The van der Waals surface area contributed by atoms with Crippen LogP contribution >= 0.6 is 11.6 Å². The van der Waals surface area contributed by atoms with Gasteiger partial charge in [-0.25, -0.2) is 4.98 Å². The normalized spacial score (nSPS) is 10.9. The number of alkyl halides is 2. The van der Waals surface area contributed by atoms with Crippen LogP contribution in [0.3, 0.4) is 0 Å². The molecule has 0 aliphatic heterocycles. The van der Waals surface area contributed by atoms with Crippen LogP contribution in [0.1, 0.15) is 12.1 Å². The first-order chi connectivity index (χ1) is 8.08. The molecule has 0 unspecified atom stereocenters. The van der Waals surface area contributed by atoms with Crippen LogP contribution in [0.25, 0.3) is 0 Å². The second-order valence-electron chi connectivity index (χ2n) is 3.38. The highest BCUT2D eigenvalue weighted by atomic mass is 35.5. The van der Waals surface area contributed by atoms with Crippen LogP contribution in [-0.4, -0.2) is 14.8 Å². The van der Waals surface area contributed by atoms with E-state index < -0.39 is 6.55 Å². The number of halogens is 3. The van der Waals surface area contributed by atoms with E-state index in [0.29, 0.717) is 15.5 Å². The third kappa shape index (κ3) is 2.52. The highest BCUT2D eigenvalue weighted by molar-refractivity contribution is 6.31. The zero-order valence-corrected chi connectivity index (χ0v) is 9.62. The van der Waals surface area contributed by atoms with Gasteiger partial charge in [-0.1, -0.05) is 11.6 Å². The third-order valence-electron chi connectivity index (χ3n) is 2.16. The Labute approximate surface area is 101 Å². The molecule has 0 fully saturated rings. The fraction of sp³-hybridized carbons (Fsp3) is 0.200. The topological polar surface area (TPSA) is 42.7 Å². The van der Waals surface area contributed by atoms with Gasteiger partial charge in [-0.15, -0.1) is 0 Å². The number of pyridine rings is 1. The molecule has 2 aromatic heterocycles. The maximum Gasteiger partial charge on any atom is 0.335 e. The Kier molecular flexibility index (Phi) is 3.23. The quantitative estimate of drug-likeness (QED) is 0.918. The maximum atomic E-state index is 12.5. The van der Waals surface area contributed by atoms with E-state index in [-0.39, 0.29) is 5.82 Å². The van der Waals surface area contributed by atoms with E-state index >= 15 is 0 Å². The minimum Gasteiger partial charge on any atom is -0.325 e. The summed E-state index contributed by atoms with van der Waals surface area (Å²) >= 11 is 5.82. The number of nitrogens with one attached hydrogen (secondary N) is 1. The first kappa shape index (κ1) is 11.8. The number of hydrogen-bond acceptors (Lipinski definition) is 3. The summed E-state index contributed by atoms with van der Waals surface area (Å²) < 4.78 is 25.6. The largest absolute Gasteiger partial charge is 0.335 e. The molecule has 0 aromatic carbocycles. The van der Waals surface area contributed by atoms with Crippen LogP contribution in [0.4, 0.5) is 20.4 Å². The van der Waals surface area contributed by atoms with Crippen LogP contribution in [0.15, 0.2) is 24.5 Å². The van der Waals surface area contributed by atoms with Crippen molar-refractivity contribution < 1.29 is 8.78 Å². The zero-order valence-electron chi connectivity index (χ0n) is 8.86. The summed E-state index contributed by atoms with van der Waals surface area (Å²) in [6, 6.07) is 3.11. The van der Waals surface area contributed by atoms with E-state index in [2.05, 4.69) is 15.4 Å². The van der Waals surface area contributed by atoms with Crippen LogP contribution < -0.4 is 5.32 Å². The summed E-state index contributed by atoms with van der Waals surface area (Å²) in [6.07, 6.45) is 2.75. The van der Waals surface area contributed by atoms with Gasteiger partial charge in [-0.3, -0.25) is 0 Å². The molecule has 2 aromatic rings. The molecule has 0 spiro atoms. The molecule has 17 heavy (non-hydrogen) atoms. The lowest BCUT2D eigenvalue weighted by Gasteiger charge is -2.08. The highest BCUT2D eigenvalue weighted by Crippen LogP contribution is 2.22. The van der Waals surface area contributed by atoms with E-state index in [0.717, 1.165) is 5.56 Å². The van der Waals surface area contributed by atoms with Gasteiger partial charge in [0.15, 0.2) is 0 Å². The highest BCUT2D eigenvalue weighted by Gasteiger charge is 2.12. The molecule has 0 saturated carbocycles. The molecule has 90 valence electrons. The number of hydrogen-bond donors (Lipinski definition) is 1. The van der Waals surface area contributed by atoms with E-state index in [1.807, 2.05) is 0 Å². The number of aromatic nitrogens is 3. The number of rotatable bonds is 3. The van der Waals surface area contributed by atoms with Gasteiger partial charge >= 0.3 is 6.55 Å². The Morgan fingerprint density at radius 1 is 1.47 bits per heavy atom. The van der Waals surface area contributed by atoms with Gasteiger partial charge in [0.25, 0.3) is 0 Å². The first-order valence-corrected chi connectivity index (χ1v) is 5.16.